The van der Waals surface area contributed by atoms with Crippen LogP contribution in [0.4, 0.5) is 0 Å². The summed E-state index contributed by atoms with van der Waals surface area (Å²) in [6.45, 7) is 6.75. The molecule has 0 saturated heterocycles. The van der Waals surface area contributed by atoms with Gasteiger partial charge < -0.3 is 4.74 Å². The van der Waals surface area contributed by atoms with E-state index in [9.17, 15) is 9.59 Å². The molecule has 0 spiro atoms. The highest BCUT2D eigenvalue weighted by Gasteiger charge is 2.50. The molecule has 100 valence electrons. The number of allylic oxidation sites excluding steroid dienone is 2. The summed E-state index contributed by atoms with van der Waals surface area (Å²) >= 11 is 0. The number of ketones is 1. The first-order valence-electron chi connectivity index (χ1n) is 6.84. The van der Waals surface area contributed by atoms with Gasteiger partial charge in [-0.3, -0.25) is 9.59 Å². The third kappa shape index (κ3) is 2.36. The first kappa shape index (κ1) is 13.3. The van der Waals surface area contributed by atoms with E-state index in [1.54, 1.807) is 0 Å². The minimum absolute atomic E-state index is 0.0624. The standard InChI is InChI=1S/C15H22O3/c1-10(2)11(3)9-18-13(16)8-15-6-4-12(5-7-15)14(15)17/h4,6,10-12H,5,7-9H2,1-3H3. The number of fused-ring (bicyclic) bond motifs is 2. The summed E-state index contributed by atoms with van der Waals surface area (Å²) in [5.74, 6) is 0.907. The molecule has 0 N–H and O–H groups in total. The zero-order valence-corrected chi connectivity index (χ0v) is 11.4. The normalized spacial score (nSPS) is 31.1. The Labute approximate surface area is 109 Å². The van der Waals surface area contributed by atoms with Gasteiger partial charge >= 0.3 is 5.97 Å². The van der Waals surface area contributed by atoms with E-state index >= 15 is 0 Å². The Morgan fingerprint density at radius 2 is 2.22 bits per heavy atom. The number of ether oxygens (including phenoxy) is 1. The summed E-state index contributed by atoms with van der Waals surface area (Å²) in [6.07, 6.45) is 5.81. The fourth-order valence-electron chi connectivity index (χ4n) is 2.65. The largest absolute Gasteiger partial charge is 0.465 e. The maximum atomic E-state index is 12.0. The Morgan fingerprint density at radius 1 is 1.50 bits per heavy atom. The first-order valence-corrected chi connectivity index (χ1v) is 6.84. The van der Waals surface area contributed by atoms with Crippen LogP contribution in [0.1, 0.15) is 40.0 Å². The van der Waals surface area contributed by atoms with E-state index < -0.39 is 5.41 Å². The molecule has 0 radical (unpaired) electrons. The van der Waals surface area contributed by atoms with Gasteiger partial charge in [-0.25, -0.2) is 0 Å². The van der Waals surface area contributed by atoms with E-state index in [1.807, 2.05) is 12.2 Å². The van der Waals surface area contributed by atoms with Gasteiger partial charge in [0, 0.05) is 5.92 Å². The van der Waals surface area contributed by atoms with Gasteiger partial charge in [0.15, 0.2) is 0 Å². The lowest BCUT2D eigenvalue weighted by atomic mass is 9.83. The third-order valence-corrected chi connectivity index (χ3v) is 4.48. The van der Waals surface area contributed by atoms with Gasteiger partial charge in [-0.2, -0.15) is 0 Å². The summed E-state index contributed by atoms with van der Waals surface area (Å²) in [5.41, 5.74) is -0.525. The number of esters is 1. The lowest BCUT2D eigenvalue weighted by Crippen LogP contribution is -2.27. The summed E-state index contributed by atoms with van der Waals surface area (Å²) < 4.78 is 5.30. The van der Waals surface area contributed by atoms with Crippen LogP contribution in [0.2, 0.25) is 0 Å². The van der Waals surface area contributed by atoms with Crippen molar-refractivity contribution in [1.82, 2.24) is 0 Å². The minimum Gasteiger partial charge on any atom is -0.465 e. The van der Waals surface area contributed by atoms with Crippen LogP contribution in [0.25, 0.3) is 0 Å². The Kier molecular flexibility index (Phi) is 3.60. The molecule has 2 aliphatic rings. The van der Waals surface area contributed by atoms with Crippen LogP contribution in [0.3, 0.4) is 0 Å². The molecule has 2 aliphatic carbocycles. The topological polar surface area (TPSA) is 43.4 Å². The molecule has 1 fully saturated rings. The predicted molar refractivity (Wildman–Crippen MR) is 68.9 cm³/mol. The van der Waals surface area contributed by atoms with Gasteiger partial charge in [0.2, 0.25) is 0 Å². The van der Waals surface area contributed by atoms with Crippen LogP contribution in [-0.2, 0) is 14.3 Å². The van der Waals surface area contributed by atoms with Crippen LogP contribution in [0.15, 0.2) is 12.2 Å². The number of rotatable bonds is 5. The van der Waals surface area contributed by atoms with E-state index in [4.69, 9.17) is 4.74 Å². The SMILES string of the molecule is CC(C)C(C)COC(=O)CC12C=CC(CC1)C2=O. The second-order valence-corrected chi connectivity index (χ2v) is 6.11. The fraction of sp³-hybridized carbons (Fsp3) is 0.733. The maximum absolute atomic E-state index is 12.0. The van der Waals surface area contributed by atoms with Crippen LogP contribution < -0.4 is 0 Å². The number of carbonyl (C=O) groups is 2. The van der Waals surface area contributed by atoms with Crippen molar-refractivity contribution in [2.24, 2.45) is 23.2 Å². The zero-order valence-electron chi connectivity index (χ0n) is 11.4. The molecule has 0 aromatic carbocycles. The van der Waals surface area contributed by atoms with Crippen molar-refractivity contribution < 1.29 is 14.3 Å². The molecule has 0 aliphatic heterocycles. The zero-order chi connectivity index (χ0) is 13.3. The van der Waals surface area contributed by atoms with Gasteiger partial charge in [0.05, 0.1) is 18.4 Å². The van der Waals surface area contributed by atoms with Crippen molar-refractivity contribution in [3.63, 3.8) is 0 Å². The maximum Gasteiger partial charge on any atom is 0.307 e. The summed E-state index contributed by atoms with van der Waals surface area (Å²) in [7, 11) is 0. The molecule has 0 aromatic rings. The van der Waals surface area contributed by atoms with E-state index in [0.29, 0.717) is 18.4 Å². The number of hydrogen-bond acceptors (Lipinski definition) is 3. The Bertz CT molecular complexity index is 383. The quantitative estimate of drug-likeness (QED) is 0.556. The summed E-state index contributed by atoms with van der Waals surface area (Å²) in [5, 5.41) is 0. The molecule has 0 aromatic heterocycles. The summed E-state index contributed by atoms with van der Waals surface area (Å²) in [4.78, 5) is 23.8. The van der Waals surface area contributed by atoms with E-state index in [1.165, 1.54) is 0 Å². The van der Waals surface area contributed by atoms with Gasteiger partial charge in [0.25, 0.3) is 0 Å². The Balaban J connectivity index is 1.85. The van der Waals surface area contributed by atoms with Crippen LogP contribution >= 0.6 is 0 Å². The van der Waals surface area contributed by atoms with E-state index in [0.717, 1.165) is 12.8 Å². The molecule has 18 heavy (non-hydrogen) atoms. The van der Waals surface area contributed by atoms with Crippen molar-refractivity contribution in [1.29, 1.82) is 0 Å². The predicted octanol–water partition coefficient (Wildman–Crippen LogP) is 2.75. The second-order valence-electron chi connectivity index (χ2n) is 6.11. The molecule has 2 bridgehead atoms. The smallest absolute Gasteiger partial charge is 0.307 e. The molecule has 3 atom stereocenters. The van der Waals surface area contributed by atoms with Crippen LogP contribution in [0, 0.1) is 23.2 Å². The summed E-state index contributed by atoms with van der Waals surface area (Å²) in [6, 6.07) is 0. The monoisotopic (exact) mass is 250 g/mol. The highest BCUT2D eigenvalue weighted by molar-refractivity contribution is 5.97. The molecule has 0 amide bonds. The average molecular weight is 250 g/mol. The van der Waals surface area contributed by atoms with Crippen molar-refractivity contribution in [3.05, 3.63) is 12.2 Å². The molecule has 3 heteroatoms. The number of carbonyl (C=O) groups excluding carboxylic acids is 2. The fourth-order valence-corrected chi connectivity index (χ4v) is 2.65. The van der Waals surface area contributed by atoms with E-state index in [2.05, 4.69) is 20.8 Å². The molecule has 2 rings (SSSR count). The van der Waals surface area contributed by atoms with Gasteiger partial charge in [-0.1, -0.05) is 32.9 Å². The van der Waals surface area contributed by atoms with Gasteiger partial charge in [-0.05, 0) is 24.7 Å². The molecule has 3 unspecified atom stereocenters. The molecule has 3 nitrogen and oxygen atoms in total. The first-order chi connectivity index (χ1) is 8.44. The molecular weight excluding hydrogens is 228 g/mol. The highest BCUT2D eigenvalue weighted by Crippen LogP contribution is 2.48. The van der Waals surface area contributed by atoms with Crippen LogP contribution in [0.5, 0.6) is 0 Å². The molecular formula is C15H22O3. The third-order valence-electron chi connectivity index (χ3n) is 4.48. The number of Topliss-reactive ketones (excluding diaryl/α,β-unsaturated/α-hetero) is 1. The van der Waals surface area contributed by atoms with Gasteiger partial charge in [-0.15, -0.1) is 0 Å². The minimum atomic E-state index is -0.525. The Hall–Kier alpha value is -1.12. The second kappa shape index (κ2) is 4.87. The molecule has 0 heterocycles. The number of hydrogen-bond donors (Lipinski definition) is 0. The van der Waals surface area contributed by atoms with Crippen molar-refractivity contribution in [3.8, 4) is 0 Å². The van der Waals surface area contributed by atoms with Crippen LogP contribution in [-0.4, -0.2) is 18.4 Å². The Morgan fingerprint density at radius 3 is 2.67 bits per heavy atom. The van der Waals surface area contributed by atoms with E-state index in [-0.39, 0.29) is 24.1 Å². The lowest BCUT2D eigenvalue weighted by Gasteiger charge is -2.21. The van der Waals surface area contributed by atoms with Crippen molar-refractivity contribution in [2.75, 3.05) is 6.61 Å². The average Bonchev–Trinajstić information content (AvgIpc) is 2.79. The molecule has 1 saturated carbocycles. The van der Waals surface area contributed by atoms with Crippen molar-refractivity contribution >= 4 is 11.8 Å². The lowest BCUT2D eigenvalue weighted by molar-refractivity contribution is -0.149. The highest BCUT2D eigenvalue weighted by atomic mass is 16.5. The van der Waals surface area contributed by atoms with Crippen molar-refractivity contribution in [2.45, 2.75) is 40.0 Å². The van der Waals surface area contributed by atoms with Gasteiger partial charge in [0.1, 0.15) is 5.78 Å².